The van der Waals surface area contributed by atoms with Crippen LogP contribution in [0.15, 0.2) is 30.7 Å². The fourth-order valence-electron chi connectivity index (χ4n) is 3.83. The van der Waals surface area contributed by atoms with Gasteiger partial charge in [-0.3, -0.25) is 14.4 Å². The van der Waals surface area contributed by atoms with Crippen LogP contribution in [-0.2, 0) is 14.3 Å². The highest BCUT2D eigenvalue weighted by Crippen LogP contribution is 2.34. The molecule has 3 rings (SSSR count). The molecule has 0 spiro atoms. The number of esters is 1. The van der Waals surface area contributed by atoms with Crippen LogP contribution in [0.2, 0.25) is 0 Å². The van der Waals surface area contributed by atoms with Crippen molar-refractivity contribution in [3.05, 3.63) is 53.0 Å². The molecule has 38 heavy (non-hydrogen) atoms. The molecule has 0 aliphatic carbocycles. The molecule has 3 aromatic rings. The number of nitrogens with zero attached hydrogens (tertiary/aromatic N) is 4. The molecular formula is C26H32N6O6. The van der Waals surface area contributed by atoms with Crippen LogP contribution in [0.25, 0.3) is 5.52 Å². The van der Waals surface area contributed by atoms with Gasteiger partial charge in [-0.2, -0.15) is 5.10 Å². The first-order chi connectivity index (χ1) is 18.2. The smallest absolute Gasteiger partial charge is 0.423 e. The molecule has 0 fully saturated rings. The minimum Gasteiger partial charge on any atom is -0.428 e. The zero-order valence-corrected chi connectivity index (χ0v) is 22.2. The van der Waals surface area contributed by atoms with Crippen molar-refractivity contribution in [1.29, 1.82) is 0 Å². The van der Waals surface area contributed by atoms with E-state index in [2.05, 4.69) is 20.7 Å². The lowest BCUT2D eigenvalue weighted by Gasteiger charge is -2.24. The second-order valence-electron chi connectivity index (χ2n) is 8.39. The van der Waals surface area contributed by atoms with Crippen molar-refractivity contribution in [2.75, 3.05) is 24.8 Å². The van der Waals surface area contributed by atoms with Gasteiger partial charge in [0.05, 0.1) is 11.3 Å². The molecule has 0 atom stereocenters. The van der Waals surface area contributed by atoms with E-state index in [1.165, 1.54) is 15.7 Å². The second kappa shape index (κ2) is 12.7. The third kappa shape index (κ3) is 6.07. The summed E-state index contributed by atoms with van der Waals surface area (Å²) in [6.45, 7) is 9.19. The van der Waals surface area contributed by atoms with Gasteiger partial charge in [-0.15, -0.1) is 0 Å². The number of nitrogens with one attached hydrogen (secondary N) is 2. The molecule has 202 valence electrons. The predicted octanol–water partition coefficient (Wildman–Crippen LogP) is 3.42. The van der Waals surface area contributed by atoms with Crippen molar-refractivity contribution in [3.8, 4) is 0 Å². The molecule has 0 saturated carbocycles. The largest absolute Gasteiger partial charge is 0.428 e. The van der Waals surface area contributed by atoms with E-state index in [1.807, 2.05) is 13.8 Å². The molecule has 3 amide bonds. The maximum atomic E-state index is 13.5. The molecular weight excluding hydrogens is 492 g/mol. The Morgan fingerprint density at radius 1 is 1.00 bits per heavy atom. The molecule has 12 nitrogen and oxygen atoms in total. The quantitative estimate of drug-likeness (QED) is 0.303. The summed E-state index contributed by atoms with van der Waals surface area (Å²) in [5, 5.41) is 9.71. The Morgan fingerprint density at radius 2 is 1.71 bits per heavy atom. The fourth-order valence-corrected chi connectivity index (χ4v) is 3.83. The molecule has 2 N–H and O–H groups in total. The molecule has 2 aromatic heterocycles. The van der Waals surface area contributed by atoms with Crippen LogP contribution >= 0.6 is 0 Å². The van der Waals surface area contributed by atoms with E-state index < -0.39 is 18.9 Å². The van der Waals surface area contributed by atoms with Gasteiger partial charge in [0.2, 0.25) is 6.79 Å². The van der Waals surface area contributed by atoms with Crippen LogP contribution in [-0.4, -0.2) is 58.4 Å². The monoisotopic (exact) mass is 524 g/mol. The summed E-state index contributed by atoms with van der Waals surface area (Å²) >= 11 is 0. The second-order valence-corrected chi connectivity index (χ2v) is 8.39. The van der Waals surface area contributed by atoms with E-state index in [-0.39, 0.29) is 24.1 Å². The fraction of sp³-hybridized carbons (Fsp3) is 0.385. The van der Waals surface area contributed by atoms with Crippen molar-refractivity contribution < 1.29 is 28.7 Å². The van der Waals surface area contributed by atoms with Crippen molar-refractivity contribution in [2.24, 2.45) is 0 Å². The van der Waals surface area contributed by atoms with E-state index in [4.69, 9.17) is 9.47 Å². The van der Waals surface area contributed by atoms with Gasteiger partial charge >= 0.3 is 12.1 Å². The van der Waals surface area contributed by atoms with E-state index in [9.17, 15) is 19.2 Å². The van der Waals surface area contributed by atoms with Crippen molar-refractivity contribution in [3.63, 3.8) is 0 Å². The lowest BCUT2D eigenvalue weighted by Crippen LogP contribution is -2.31. The first-order valence-corrected chi connectivity index (χ1v) is 12.4. The maximum Gasteiger partial charge on any atom is 0.423 e. The summed E-state index contributed by atoms with van der Waals surface area (Å²) in [7, 11) is 0. The Morgan fingerprint density at radius 3 is 2.39 bits per heavy atom. The van der Waals surface area contributed by atoms with Gasteiger partial charge in [0.15, 0.2) is 5.82 Å². The van der Waals surface area contributed by atoms with Crippen LogP contribution in [0.3, 0.4) is 0 Å². The number of amides is 3. The van der Waals surface area contributed by atoms with Crippen molar-refractivity contribution in [2.45, 2.75) is 47.5 Å². The Kier molecular flexibility index (Phi) is 9.36. The first kappa shape index (κ1) is 28.1. The molecule has 2 heterocycles. The highest BCUT2D eigenvalue weighted by Gasteiger charge is 2.29. The molecule has 12 heteroatoms. The van der Waals surface area contributed by atoms with Crippen LogP contribution in [0.1, 0.15) is 65.5 Å². The molecule has 0 aliphatic heterocycles. The number of aromatic nitrogens is 3. The Bertz CT molecular complexity index is 1350. The number of ether oxygens (including phenoxy) is 2. The number of hydrogen-bond donors (Lipinski definition) is 2. The molecule has 0 radical (unpaired) electrons. The van der Waals surface area contributed by atoms with Gasteiger partial charge < -0.3 is 20.1 Å². The third-order valence-electron chi connectivity index (χ3n) is 5.69. The van der Waals surface area contributed by atoms with Crippen LogP contribution < -0.4 is 15.5 Å². The number of carbonyl (C=O) groups is 4. The molecule has 0 saturated heterocycles. The zero-order valence-electron chi connectivity index (χ0n) is 22.2. The number of hydrogen-bond acceptors (Lipinski definition) is 8. The number of fused-ring (bicyclic) bond motifs is 1. The topological polar surface area (TPSA) is 144 Å². The number of aryl methyl sites for hydroxylation is 2. The van der Waals surface area contributed by atoms with Gasteiger partial charge in [0.1, 0.15) is 11.8 Å². The van der Waals surface area contributed by atoms with Gasteiger partial charge in [-0.1, -0.05) is 13.0 Å². The summed E-state index contributed by atoms with van der Waals surface area (Å²) in [4.78, 5) is 56.0. The van der Waals surface area contributed by atoms with Crippen molar-refractivity contribution >= 4 is 40.9 Å². The van der Waals surface area contributed by atoms with Crippen LogP contribution in [0.5, 0.6) is 0 Å². The van der Waals surface area contributed by atoms with Crippen molar-refractivity contribution in [1.82, 2.24) is 25.2 Å². The average molecular weight is 525 g/mol. The molecule has 1 aromatic carbocycles. The normalized spacial score (nSPS) is 10.7. The Balaban J connectivity index is 2.15. The van der Waals surface area contributed by atoms with Crippen LogP contribution in [0.4, 0.5) is 16.3 Å². The Hall–Kier alpha value is -4.48. The van der Waals surface area contributed by atoms with E-state index in [0.717, 1.165) is 0 Å². The van der Waals surface area contributed by atoms with Gasteiger partial charge in [0, 0.05) is 31.3 Å². The molecule has 0 aliphatic rings. The first-order valence-electron chi connectivity index (χ1n) is 12.4. The number of carbonyl (C=O) groups excluding carboxylic acids is 4. The van der Waals surface area contributed by atoms with Crippen LogP contribution in [0, 0.1) is 13.8 Å². The summed E-state index contributed by atoms with van der Waals surface area (Å²) in [5.74, 6) is -0.998. The Labute approximate surface area is 220 Å². The minimum atomic E-state index is -0.897. The van der Waals surface area contributed by atoms with Gasteiger partial charge in [-0.05, 0) is 57.4 Å². The van der Waals surface area contributed by atoms with E-state index >= 15 is 0 Å². The lowest BCUT2D eigenvalue weighted by molar-refractivity contribution is -0.151. The summed E-state index contributed by atoms with van der Waals surface area (Å²) < 4.78 is 11.8. The maximum absolute atomic E-state index is 13.5. The molecule has 0 bridgehead atoms. The third-order valence-corrected chi connectivity index (χ3v) is 5.69. The van der Waals surface area contributed by atoms with E-state index in [0.29, 0.717) is 53.0 Å². The van der Waals surface area contributed by atoms with E-state index in [1.54, 1.807) is 45.2 Å². The SMILES string of the molecule is CCCC(=O)OCOC(=O)N(c1cc(C(=O)NCC)ccc1C)c1ncnn2cc(C(=O)NCC)c(C)c12. The average Bonchev–Trinajstić information content (AvgIpc) is 3.23. The predicted molar refractivity (Wildman–Crippen MR) is 139 cm³/mol. The minimum absolute atomic E-state index is 0.120. The van der Waals surface area contributed by atoms with Gasteiger partial charge in [0.25, 0.3) is 11.8 Å². The number of rotatable bonds is 10. The highest BCUT2D eigenvalue weighted by molar-refractivity contribution is 6.04. The lowest BCUT2D eigenvalue weighted by atomic mass is 10.1. The standard InChI is InChI=1S/C26H32N6O6/c1-6-9-21(33)37-15-38-26(36)32(20-12-18(11-10-16(20)4)24(34)27-7-2)23-22-17(5)19(25(35)28-8-3)13-31(22)30-14-29-23/h10-14H,6-9,15H2,1-5H3,(H,27,34)(H,28,35). The number of benzene rings is 1. The summed E-state index contributed by atoms with van der Waals surface area (Å²) in [5.41, 5.74) is 2.57. The highest BCUT2D eigenvalue weighted by atomic mass is 16.7. The number of anilines is 2. The zero-order chi connectivity index (χ0) is 27.8. The summed E-state index contributed by atoms with van der Waals surface area (Å²) in [6, 6.07) is 4.89. The van der Waals surface area contributed by atoms with Gasteiger partial charge in [-0.25, -0.2) is 19.2 Å². The summed E-state index contributed by atoms with van der Waals surface area (Å²) in [6.07, 6.45) is 2.67. The molecule has 0 unspecified atom stereocenters.